The molecule has 2 aliphatic rings. The number of carbonyl (C=O) groups excluding carboxylic acids is 2. The zero-order valence-corrected chi connectivity index (χ0v) is 21.4. The second-order valence-electron chi connectivity index (χ2n) is 8.35. The first-order valence-corrected chi connectivity index (χ1v) is 15.3. The molecule has 1 aromatic heterocycles. The van der Waals surface area contributed by atoms with Crippen LogP contribution >= 0.6 is 12.2 Å². The van der Waals surface area contributed by atoms with E-state index in [9.17, 15) is 9.59 Å². The van der Waals surface area contributed by atoms with Crippen LogP contribution in [-0.2, 0) is 9.59 Å². The van der Waals surface area contributed by atoms with E-state index in [0.29, 0.717) is 0 Å². The summed E-state index contributed by atoms with van der Waals surface area (Å²) in [5.41, 5.74) is 2.58. The predicted octanol–water partition coefficient (Wildman–Crippen LogP) is 2.61. The van der Waals surface area contributed by atoms with Crippen LogP contribution in [0, 0.1) is 0 Å². The Bertz CT molecular complexity index is 1280. The molecule has 3 heterocycles. The molecule has 0 radical (unpaired) electrons. The molecule has 1 fully saturated rings. The van der Waals surface area contributed by atoms with Crippen molar-refractivity contribution in [3.8, 4) is 0 Å². The molecule has 1 N–H and O–H groups in total. The SMILES string of the molecule is CN1C(=O)/C(=C/c2ccc(N3c4ccccc4[Si](C)(C)c4ccccc43)[se]2)C(=O)NC1=S. The van der Waals surface area contributed by atoms with E-state index < -0.39 is 14.0 Å². The van der Waals surface area contributed by atoms with E-state index in [2.05, 4.69) is 77.9 Å². The molecule has 8 heteroatoms. The zero-order chi connectivity index (χ0) is 22.6. The van der Waals surface area contributed by atoms with Crippen LogP contribution < -0.4 is 20.6 Å². The number of thiocarbonyl (C=S) groups is 1. The van der Waals surface area contributed by atoms with E-state index >= 15 is 0 Å². The third-order valence-corrected chi connectivity index (χ3v) is 12.1. The van der Waals surface area contributed by atoms with Crippen molar-refractivity contribution in [3.05, 3.63) is 70.7 Å². The minimum absolute atomic E-state index is 0.0622. The number of nitrogens with zero attached hydrogens (tertiary/aromatic N) is 2. The molecule has 2 aromatic carbocycles. The number of nitrogens with one attached hydrogen (secondary N) is 1. The van der Waals surface area contributed by atoms with Gasteiger partial charge >= 0.3 is 200 Å². The van der Waals surface area contributed by atoms with Gasteiger partial charge in [0.15, 0.2) is 0 Å². The van der Waals surface area contributed by atoms with Gasteiger partial charge in [-0.2, -0.15) is 0 Å². The first-order valence-electron chi connectivity index (χ1n) is 10.2. The summed E-state index contributed by atoms with van der Waals surface area (Å²) in [6, 6.07) is 21.5. The van der Waals surface area contributed by atoms with Crippen molar-refractivity contribution in [3.63, 3.8) is 0 Å². The molecule has 5 nitrogen and oxygen atoms in total. The quantitative estimate of drug-likeness (QED) is 0.243. The van der Waals surface area contributed by atoms with Gasteiger partial charge in [-0.15, -0.1) is 0 Å². The van der Waals surface area contributed by atoms with Crippen LogP contribution in [0.2, 0.25) is 13.1 Å². The first kappa shape index (κ1) is 21.1. The fourth-order valence-corrected chi connectivity index (χ4v) is 9.55. The van der Waals surface area contributed by atoms with Crippen LogP contribution in [0.1, 0.15) is 4.44 Å². The number of hydrogen-bond donors (Lipinski definition) is 1. The van der Waals surface area contributed by atoms with Crippen LogP contribution in [0.4, 0.5) is 15.9 Å². The van der Waals surface area contributed by atoms with E-state index in [4.69, 9.17) is 12.2 Å². The van der Waals surface area contributed by atoms with Crippen molar-refractivity contribution >= 4 is 84.1 Å². The number of rotatable bonds is 2. The van der Waals surface area contributed by atoms with Gasteiger partial charge in [0.05, 0.1) is 0 Å². The van der Waals surface area contributed by atoms with Gasteiger partial charge in [0.25, 0.3) is 0 Å². The van der Waals surface area contributed by atoms with E-state index in [1.165, 1.54) is 31.2 Å². The molecule has 2 aliphatic heterocycles. The van der Waals surface area contributed by atoms with Crippen molar-refractivity contribution in [2.75, 3.05) is 11.9 Å². The first-order chi connectivity index (χ1) is 15.3. The van der Waals surface area contributed by atoms with Gasteiger partial charge in [-0.3, -0.25) is 0 Å². The van der Waals surface area contributed by atoms with Gasteiger partial charge in [0, 0.05) is 0 Å². The summed E-state index contributed by atoms with van der Waals surface area (Å²) in [4.78, 5) is 28.6. The average molecular weight is 523 g/mol. The molecule has 5 rings (SSSR count). The van der Waals surface area contributed by atoms with Crippen LogP contribution in [0.15, 0.2) is 66.2 Å². The zero-order valence-electron chi connectivity index (χ0n) is 17.9. The number of hydrogen-bond acceptors (Lipinski definition) is 4. The molecule has 0 bridgehead atoms. The summed E-state index contributed by atoms with van der Waals surface area (Å²) in [5, 5.41) is 5.55. The Morgan fingerprint density at radius 3 is 2.16 bits per heavy atom. The van der Waals surface area contributed by atoms with Crippen molar-refractivity contribution < 1.29 is 9.59 Å². The molecule has 0 unspecified atom stereocenters. The second-order valence-corrected chi connectivity index (χ2v) is 15.4. The molecular weight excluding hydrogens is 501 g/mol. The van der Waals surface area contributed by atoms with Crippen molar-refractivity contribution in [2.24, 2.45) is 0 Å². The molecule has 0 saturated carbocycles. The molecule has 160 valence electrons. The number of para-hydroxylation sites is 2. The third-order valence-electron chi connectivity index (χ3n) is 6.06. The van der Waals surface area contributed by atoms with Crippen molar-refractivity contribution in [2.45, 2.75) is 13.1 Å². The van der Waals surface area contributed by atoms with Gasteiger partial charge < -0.3 is 0 Å². The van der Waals surface area contributed by atoms with Crippen molar-refractivity contribution in [1.29, 1.82) is 0 Å². The molecule has 0 spiro atoms. The number of carbonyl (C=O) groups is 2. The van der Waals surface area contributed by atoms with E-state index in [0.717, 1.165) is 4.44 Å². The van der Waals surface area contributed by atoms with Gasteiger partial charge in [0.2, 0.25) is 0 Å². The predicted molar refractivity (Wildman–Crippen MR) is 136 cm³/mol. The summed E-state index contributed by atoms with van der Waals surface area (Å²) in [6.07, 6.45) is 1.71. The maximum atomic E-state index is 12.6. The topological polar surface area (TPSA) is 52.7 Å². The number of benzene rings is 2. The van der Waals surface area contributed by atoms with Crippen LogP contribution in [0.25, 0.3) is 6.08 Å². The number of amides is 2. The Kier molecular flexibility index (Phi) is 5.06. The third kappa shape index (κ3) is 3.22. The molecule has 0 atom stereocenters. The number of likely N-dealkylation sites (N-methyl/N-ethyl adjacent to an activating group) is 1. The monoisotopic (exact) mass is 523 g/mol. The van der Waals surface area contributed by atoms with Gasteiger partial charge in [-0.1, -0.05) is 0 Å². The summed E-state index contributed by atoms with van der Waals surface area (Å²) >= 11 is 4.97. The summed E-state index contributed by atoms with van der Waals surface area (Å²) in [6.45, 7) is 4.80. The van der Waals surface area contributed by atoms with Crippen molar-refractivity contribution in [1.82, 2.24) is 10.2 Å². The van der Waals surface area contributed by atoms with Crippen LogP contribution in [-0.4, -0.2) is 51.5 Å². The molecule has 0 aliphatic carbocycles. The Morgan fingerprint density at radius 1 is 0.938 bits per heavy atom. The van der Waals surface area contributed by atoms with Crippen LogP contribution in [0.3, 0.4) is 0 Å². The Balaban J connectivity index is 1.60. The molecule has 3 aromatic rings. The van der Waals surface area contributed by atoms with Gasteiger partial charge in [-0.25, -0.2) is 0 Å². The van der Waals surface area contributed by atoms with Gasteiger partial charge in [0.1, 0.15) is 0 Å². The summed E-state index contributed by atoms with van der Waals surface area (Å²) in [5.74, 6) is -0.810. The number of fused-ring (bicyclic) bond motifs is 2. The molecule has 2 amide bonds. The second kappa shape index (κ2) is 7.67. The molecule has 32 heavy (non-hydrogen) atoms. The van der Waals surface area contributed by atoms with Crippen LogP contribution in [0.5, 0.6) is 0 Å². The van der Waals surface area contributed by atoms with E-state index in [-0.39, 0.29) is 31.1 Å². The summed E-state index contributed by atoms with van der Waals surface area (Å²) in [7, 11) is -0.243. The molecular formula is C24H21N3O2SSeSi. The number of anilines is 3. The Morgan fingerprint density at radius 2 is 1.53 bits per heavy atom. The fourth-order valence-electron chi connectivity index (χ4n) is 4.33. The maximum absolute atomic E-state index is 12.6. The Labute approximate surface area is 199 Å². The van der Waals surface area contributed by atoms with E-state index in [1.54, 1.807) is 13.1 Å². The molecule has 1 saturated heterocycles. The Hall–Kier alpha value is -2.77. The fraction of sp³-hybridized carbons (Fsp3) is 0.125. The van der Waals surface area contributed by atoms with Gasteiger partial charge in [-0.05, 0) is 0 Å². The standard InChI is InChI=1S/C24H21N3O2SSeSi/c1-26-23(29)16(22(28)25-24(26)30)14-15-12-13-21(31-15)27-17-8-4-6-10-19(17)32(2,3)20-11-7-5-9-18(20)27/h4-14H,1-3H3,(H,25,28,30)/b16-14+. The normalized spacial score (nSPS) is 18.5. The minimum atomic E-state index is -1.82. The van der Waals surface area contributed by atoms with E-state index in [1.807, 2.05) is 6.07 Å². The average Bonchev–Trinajstić information content (AvgIpc) is 3.24. The summed E-state index contributed by atoms with van der Waals surface area (Å²) < 4.78 is 2.16.